The summed E-state index contributed by atoms with van der Waals surface area (Å²) in [6.07, 6.45) is -0.195. The van der Waals surface area contributed by atoms with Crippen molar-refractivity contribution in [3.63, 3.8) is 0 Å². The van der Waals surface area contributed by atoms with Crippen LogP contribution in [0.2, 0.25) is 0 Å². The summed E-state index contributed by atoms with van der Waals surface area (Å²) in [7, 11) is 1.64. The van der Waals surface area contributed by atoms with Gasteiger partial charge in [0, 0.05) is 7.11 Å². The number of hydrogen-bond acceptors (Lipinski definition) is 4. The fraction of sp³-hybridized carbons (Fsp3) is 1.00. The van der Waals surface area contributed by atoms with Crippen molar-refractivity contribution in [2.75, 3.05) is 40.1 Å². The van der Waals surface area contributed by atoms with E-state index in [2.05, 4.69) is 0 Å². The molecule has 4 nitrogen and oxygen atoms in total. The molecule has 1 heterocycles. The third-order valence-electron chi connectivity index (χ3n) is 1.38. The lowest BCUT2D eigenvalue weighted by Crippen LogP contribution is -2.31. The lowest BCUT2D eigenvalue weighted by atomic mass is 10.6. The van der Waals surface area contributed by atoms with Gasteiger partial charge in [0.25, 0.3) is 0 Å². The maximum atomic E-state index is 5.25. The molecule has 0 aromatic heterocycles. The first-order valence-corrected chi connectivity index (χ1v) is 3.73. The topological polar surface area (TPSA) is 36.9 Å². The lowest BCUT2D eigenvalue weighted by Gasteiger charge is -2.22. The van der Waals surface area contributed by atoms with Gasteiger partial charge in [-0.1, -0.05) is 0 Å². The molecule has 1 aliphatic heterocycles. The molecule has 1 atom stereocenters. The quantitative estimate of drug-likeness (QED) is 0.546. The number of hydrogen-bond donors (Lipinski definition) is 0. The Hall–Kier alpha value is -0.160. The first-order chi connectivity index (χ1) is 5.43. The Balaban J connectivity index is 1.96. The highest BCUT2D eigenvalue weighted by atomic mass is 16.7. The van der Waals surface area contributed by atoms with Gasteiger partial charge in [0.2, 0.25) is 0 Å². The van der Waals surface area contributed by atoms with Gasteiger partial charge in [0.15, 0.2) is 6.29 Å². The molecule has 0 amide bonds. The Morgan fingerprint density at radius 2 is 2.27 bits per heavy atom. The minimum Gasteiger partial charge on any atom is -0.382 e. The van der Waals surface area contributed by atoms with Crippen molar-refractivity contribution >= 4 is 0 Å². The molecule has 1 rings (SSSR count). The summed E-state index contributed by atoms with van der Waals surface area (Å²) >= 11 is 0. The average molecular weight is 162 g/mol. The van der Waals surface area contributed by atoms with Crippen LogP contribution in [0.4, 0.5) is 0 Å². The van der Waals surface area contributed by atoms with Crippen molar-refractivity contribution in [1.82, 2.24) is 0 Å². The van der Waals surface area contributed by atoms with Crippen molar-refractivity contribution < 1.29 is 18.9 Å². The van der Waals surface area contributed by atoms with E-state index < -0.39 is 0 Å². The molecule has 66 valence electrons. The van der Waals surface area contributed by atoms with Crippen LogP contribution in [0.5, 0.6) is 0 Å². The van der Waals surface area contributed by atoms with E-state index >= 15 is 0 Å². The molecule has 0 bridgehead atoms. The third-order valence-corrected chi connectivity index (χ3v) is 1.38. The maximum Gasteiger partial charge on any atom is 0.181 e. The number of ether oxygens (including phenoxy) is 4. The minimum atomic E-state index is -0.195. The molecule has 1 saturated heterocycles. The lowest BCUT2D eigenvalue weighted by molar-refractivity contribution is -0.214. The SMILES string of the molecule is COCCOC1COCCO1. The van der Waals surface area contributed by atoms with Gasteiger partial charge in [0.05, 0.1) is 33.0 Å². The van der Waals surface area contributed by atoms with Crippen LogP contribution in [-0.2, 0) is 18.9 Å². The van der Waals surface area contributed by atoms with Gasteiger partial charge in [-0.15, -0.1) is 0 Å². The summed E-state index contributed by atoms with van der Waals surface area (Å²) in [5.74, 6) is 0. The highest BCUT2D eigenvalue weighted by Gasteiger charge is 2.13. The van der Waals surface area contributed by atoms with Gasteiger partial charge in [-0.2, -0.15) is 0 Å². The van der Waals surface area contributed by atoms with Crippen LogP contribution < -0.4 is 0 Å². The zero-order valence-corrected chi connectivity index (χ0v) is 6.75. The van der Waals surface area contributed by atoms with E-state index in [1.165, 1.54) is 0 Å². The van der Waals surface area contributed by atoms with E-state index in [4.69, 9.17) is 18.9 Å². The van der Waals surface area contributed by atoms with E-state index in [-0.39, 0.29) is 6.29 Å². The Labute approximate surface area is 66.4 Å². The molecule has 0 radical (unpaired) electrons. The Kier molecular flexibility index (Phi) is 4.45. The van der Waals surface area contributed by atoms with Gasteiger partial charge in [-0.3, -0.25) is 0 Å². The number of rotatable bonds is 4. The molecular formula is C7H14O4. The molecule has 1 aliphatic rings. The molecule has 0 aromatic carbocycles. The molecular weight excluding hydrogens is 148 g/mol. The van der Waals surface area contributed by atoms with E-state index in [9.17, 15) is 0 Å². The Morgan fingerprint density at radius 3 is 2.91 bits per heavy atom. The zero-order chi connectivity index (χ0) is 7.94. The second kappa shape index (κ2) is 5.49. The fourth-order valence-corrected chi connectivity index (χ4v) is 0.825. The largest absolute Gasteiger partial charge is 0.382 e. The van der Waals surface area contributed by atoms with Gasteiger partial charge in [-0.05, 0) is 0 Å². The molecule has 11 heavy (non-hydrogen) atoms. The van der Waals surface area contributed by atoms with E-state index in [1.54, 1.807) is 7.11 Å². The van der Waals surface area contributed by atoms with Crippen molar-refractivity contribution in [3.05, 3.63) is 0 Å². The zero-order valence-electron chi connectivity index (χ0n) is 6.75. The molecule has 0 aliphatic carbocycles. The summed E-state index contributed by atoms with van der Waals surface area (Å²) < 4.78 is 20.4. The van der Waals surface area contributed by atoms with E-state index in [1.807, 2.05) is 0 Å². The van der Waals surface area contributed by atoms with Crippen LogP contribution in [0, 0.1) is 0 Å². The predicted molar refractivity (Wildman–Crippen MR) is 38.4 cm³/mol. The van der Waals surface area contributed by atoms with Crippen molar-refractivity contribution in [2.24, 2.45) is 0 Å². The molecule has 0 N–H and O–H groups in total. The third kappa shape index (κ3) is 3.67. The summed E-state index contributed by atoms with van der Waals surface area (Å²) in [6, 6.07) is 0. The normalized spacial score (nSPS) is 25.4. The van der Waals surface area contributed by atoms with Crippen LogP contribution in [0.1, 0.15) is 0 Å². The van der Waals surface area contributed by atoms with Gasteiger partial charge >= 0.3 is 0 Å². The molecule has 0 saturated carbocycles. The molecule has 0 aromatic rings. The van der Waals surface area contributed by atoms with Crippen molar-refractivity contribution in [1.29, 1.82) is 0 Å². The molecule has 4 heteroatoms. The van der Waals surface area contributed by atoms with E-state index in [0.717, 1.165) is 0 Å². The number of methoxy groups -OCH3 is 1. The van der Waals surface area contributed by atoms with Crippen LogP contribution in [0.25, 0.3) is 0 Å². The standard InChI is InChI=1S/C7H14O4/c1-8-2-4-10-7-6-9-3-5-11-7/h7H,2-6H2,1H3. The molecule has 0 spiro atoms. The maximum absolute atomic E-state index is 5.25. The van der Waals surface area contributed by atoms with Crippen LogP contribution in [0.3, 0.4) is 0 Å². The highest BCUT2D eigenvalue weighted by Crippen LogP contribution is 2.01. The fourth-order valence-electron chi connectivity index (χ4n) is 0.825. The summed E-state index contributed by atoms with van der Waals surface area (Å²) in [6.45, 7) is 2.98. The Bertz CT molecular complexity index is 90.4. The van der Waals surface area contributed by atoms with E-state index in [0.29, 0.717) is 33.0 Å². The minimum absolute atomic E-state index is 0.195. The second-order valence-electron chi connectivity index (χ2n) is 2.24. The first kappa shape index (κ1) is 8.93. The van der Waals surface area contributed by atoms with Gasteiger partial charge in [0.1, 0.15) is 0 Å². The molecule has 1 fully saturated rings. The smallest absolute Gasteiger partial charge is 0.181 e. The Morgan fingerprint density at radius 1 is 1.36 bits per heavy atom. The van der Waals surface area contributed by atoms with Crippen LogP contribution in [0.15, 0.2) is 0 Å². The molecule has 1 unspecified atom stereocenters. The summed E-state index contributed by atoms with van der Waals surface area (Å²) in [4.78, 5) is 0. The van der Waals surface area contributed by atoms with Crippen molar-refractivity contribution in [3.8, 4) is 0 Å². The first-order valence-electron chi connectivity index (χ1n) is 3.73. The van der Waals surface area contributed by atoms with Crippen LogP contribution in [-0.4, -0.2) is 46.4 Å². The van der Waals surface area contributed by atoms with Gasteiger partial charge in [-0.25, -0.2) is 0 Å². The summed E-state index contributed by atoms with van der Waals surface area (Å²) in [5.41, 5.74) is 0. The van der Waals surface area contributed by atoms with Crippen molar-refractivity contribution in [2.45, 2.75) is 6.29 Å². The van der Waals surface area contributed by atoms with Gasteiger partial charge < -0.3 is 18.9 Å². The highest BCUT2D eigenvalue weighted by molar-refractivity contribution is 4.48. The monoisotopic (exact) mass is 162 g/mol. The van der Waals surface area contributed by atoms with Crippen LogP contribution >= 0.6 is 0 Å². The average Bonchev–Trinajstić information content (AvgIpc) is 2.07. The summed E-state index contributed by atoms with van der Waals surface area (Å²) in [5, 5.41) is 0. The second-order valence-corrected chi connectivity index (χ2v) is 2.24. The predicted octanol–water partition coefficient (Wildman–Crippen LogP) is 0.0223.